The second-order valence-corrected chi connectivity index (χ2v) is 7.34. The van der Waals surface area contributed by atoms with Crippen LogP contribution in [0.1, 0.15) is 52.1 Å². The van der Waals surface area contributed by atoms with E-state index in [4.69, 9.17) is 9.47 Å². The van der Waals surface area contributed by atoms with E-state index >= 15 is 0 Å². The first-order valence-electron chi connectivity index (χ1n) is 8.73. The minimum atomic E-state index is -0.820. The van der Waals surface area contributed by atoms with Gasteiger partial charge in [-0.25, -0.2) is 4.79 Å². The van der Waals surface area contributed by atoms with Gasteiger partial charge in [0.2, 0.25) is 5.91 Å². The Morgan fingerprint density at radius 2 is 1.88 bits per heavy atom. The number of carbonyl (C=O) groups excluding carboxylic acids is 2. The average molecular weight is 348 g/mol. The number of nitrogens with one attached hydrogen (secondary N) is 2. The summed E-state index contributed by atoms with van der Waals surface area (Å²) in [6, 6.07) is 8.19. The first-order chi connectivity index (χ1) is 11.8. The van der Waals surface area contributed by atoms with Crippen molar-refractivity contribution in [3.63, 3.8) is 0 Å². The third-order valence-corrected chi connectivity index (χ3v) is 3.95. The van der Waals surface area contributed by atoms with Crippen LogP contribution in [0.5, 0.6) is 0 Å². The average Bonchev–Trinajstić information content (AvgIpc) is 3.06. The van der Waals surface area contributed by atoms with Crippen molar-refractivity contribution in [2.24, 2.45) is 0 Å². The van der Waals surface area contributed by atoms with Crippen molar-refractivity contribution < 1.29 is 19.1 Å². The quantitative estimate of drug-likeness (QED) is 0.858. The summed E-state index contributed by atoms with van der Waals surface area (Å²) in [7, 11) is 0. The summed E-state index contributed by atoms with van der Waals surface area (Å²) in [4.78, 5) is 24.9. The number of rotatable bonds is 5. The van der Waals surface area contributed by atoms with E-state index in [0.717, 1.165) is 19.4 Å². The molecule has 0 aliphatic carbocycles. The summed E-state index contributed by atoms with van der Waals surface area (Å²) in [6.45, 7) is 7.99. The van der Waals surface area contributed by atoms with Crippen molar-refractivity contribution in [2.75, 3.05) is 6.61 Å². The lowest BCUT2D eigenvalue weighted by molar-refractivity contribution is -0.124. The molecule has 1 saturated heterocycles. The zero-order valence-corrected chi connectivity index (χ0v) is 15.4. The first-order valence-corrected chi connectivity index (χ1v) is 8.73. The molecule has 1 aromatic carbocycles. The Labute approximate surface area is 149 Å². The fraction of sp³-hybridized carbons (Fsp3) is 0.579. The highest BCUT2D eigenvalue weighted by molar-refractivity contribution is 5.87. The highest BCUT2D eigenvalue weighted by atomic mass is 16.6. The third-order valence-electron chi connectivity index (χ3n) is 3.95. The monoisotopic (exact) mass is 348 g/mol. The van der Waals surface area contributed by atoms with Crippen molar-refractivity contribution in [1.82, 2.24) is 10.6 Å². The number of carbonyl (C=O) groups is 2. The SMILES string of the molecule is C[C@H](NC(=O)[C@@H](NC(=O)OC(C)(C)C)c1ccccc1)[C@@H]1CCCO1. The molecule has 0 bridgehead atoms. The zero-order valence-electron chi connectivity index (χ0n) is 15.4. The Bertz CT molecular complexity index is 577. The van der Waals surface area contributed by atoms with E-state index in [9.17, 15) is 9.59 Å². The number of ether oxygens (including phenoxy) is 2. The summed E-state index contributed by atoms with van der Waals surface area (Å²) in [5.41, 5.74) is 0.0673. The number of hydrogen-bond acceptors (Lipinski definition) is 4. The maximum Gasteiger partial charge on any atom is 0.408 e. The smallest absolute Gasteiger partial charge is 0.408 e. The predicted molar refractivity (Wildman–Crippen MR) is 95.1 cm³/mol. The second kappa shape index (κ2) is 8.34. The Morgan fingerprint density at radius 3 is 2.44 bits per heavy atom. The van der Waals surface area contributed by atoms with Gasteiger partial charge in [-0.1, -0.05) is 30.3 Å². The van der Waals surface area contributed by atoms with Crippen LogP contribution in [0.4, 0.5) is 4.79 Å². The van der Waals surface area contributed by atoms with Gasteiger partial charge in [0, 0.05) is 6.61 Å². The number of hydrogen-bond donors (Lipinski definition) is 2. The fourth-order valence-corrected chi connectivity index (χ4v) is 2.77. The van der Waals surface area contributed by atoms with Gasteiger partial charge in [0.25, 0.3) is 0 Å². The topological polar surface area (TPSA) is 76.7 Å². The minimum Gasteiger partial charge on any atom is -0.444 e. The summed E-state index contributed by atoms with van der Waals surface area (Å²) < 4.78 is 10.9. The van der Waals surface area contributed by atoms with Gasteiger partial charge in [0.15, 0.2) is 0 Å². The molecule has 1 heterocycles. The van der Waals surface area contributed by atoms with Crippen LogP contribution in [-0.2, 0) is 14.3 Å². The van der Waals surface area contributed by atoms with Gasteiger partial charge in [0.1, 0.15) is 11.6 Å². The predicted octanol–water partition coefficient (Wildman–Crippen LogP) is 2.94. The summed E-state index contributed by atoms with van der Waals surface area (Å²) >= 11 is 0. The van der Waals surface area contributed by atoms with Crippen LogP contribution in [0, 0.1) is 0 Å². The Kier molecular flexibility index (Phi) is 6.42. The van der Waals surface area contributed by atoms with Crippen LogP contribution in [0.25, 0.3) is 0 Å². The van der Waals surface area contributed by atoms with E-state index in [-0.39, 0.29) is 18.1 Å². The van der Waals surface area contributed by atoms with Crippen LogP contribution in [0.3, 0.4) is 0 Å². The Hall–Kier alpha value is -2.08. The molecule has 0 aromatic heterocycles. The molecule has 3 atom stereocenters. The van der Waals surface area contributed by atoms with Gasteiger partial charge < -0.3 is 20.1 Å². The van der Waals surface area contributed by atoms with Crippen molar-refractivity contribution in [3.8, 4) is 0 Å². The van der Waals surface area contributed by atoms with Gasteiger partial charge in [-0.3, -0.25) is 4.79 Å². The van der Waals surface area contributed by atoms with Crippen LogP contribution in [0.2, 0.25) is 0 Å². The van der Waals surface area contributed by atoms with Gasteiger partial charge in [-0.2, -0.15) is 0 Å². The fourth-order valence-electron chi connectivity index (χ4n) is 2.77. The third kappa shape index (κ3) is 6.05. The normalized spacial score (nSPS) is 19.8. The van der Waals surface area contributed by atoms with Gasteiger partial charge >= 0.3 is 6.09 Å². The molecule has 25 heavy (non-hydrogen) atoms. The Morgan fingerprint density at radius 1 is 1.20 bits per heavy atom. The minimum absolute atomic E-state index is 0.0156. The summed E-state index contributed by atoms with van der Waals surface area (Å²) in [5, 5.41) is 5.63. The lowest BCUT2D eigenvalue weighted by Crippen LogP contribution is -2.48. The standard InChI is InChI=1S/C19H28N2O4/c1-13(15-11-8-12-24-15)20-17(22)16(14-9-6-5-7-10-14)21-18(23)25-19(2,3)4/h5-7,9-10,13,15-16H,8,11-12H2,1-4H3,(H,20,22)(H,21,23)/t13-,15-,16-/m0/s1. The van der Waals surface area contributed by atoms with Crippen molar-refractivity contribution in [3.05, 3.63) is 35.9 Å². The van der Waals surface area contributed by atoms with Gasteiger partial charge in [-0.05, 0) is 46.1 Å². The lowest BCUT2D eigenvalue weighted by atomic mass is 10.0. The molecule has 6 nitrogen and oxygen atoms in total. The zero-order chi connectivity index (χ0) is 18.4. The maximum absolute atomic E-state index is 12.8. The molecule has 1 aliphatic rings. The largest absolute Gasteiger partial charge is 0.444 e. The van der Waals surface area contributed by atoms with Crippen molar-refractivity contribution >= 4 is 12.0 Å². The van der Waals surface area contributed by atoms with Crippen molar-refractivity contribution in [1.29, 1.82) is 0 Å². The number of alkyl carbamates (subject to hydrolysis) is 1. The van der Waals surface area contributed by atoms with Gasteiger partial charge in [-0.15, -0.1) is 0 Å². The number of amides is 2. The molecule has 2 N–H and O–H groups in total. The first kappa shape index (κ1) is 19.2. The molecule has 6 heteroatoms. The highest BCUT2D eigenvalue weighted by Gasteiger charge is 2.29. The van der Waals surface area contributed by atoms with E-state index in [0.29, 0.717) is 5.56 Å². The van der Waals surface area contributed by atoms with E-state index in [1.165, 1.54) is 0 Å². The van der Waals surface area contributed by atoms with Gasteiger partial charge in [0.05, 0.1) is 12.1 Å². The summed E-state index contributed by atoms with van der Waals surface area (Å²) in [6.07, 6.45) is 1.32. The molecule has 0 spiro atoms. The molecule has 2 rings (SSSR count). The molecule has 138 valence electrons. The molecular formula is C19H28N2O4. The van der Waals surface area contributed by atoms with Crippen LogP contribution < -0.4 is 10.6 Å². The summed E-state index contributed by atoms with van der Waals surface area (Å²) in [5.74, 6) is -0.278. The Balaban J connectivity index is 2.08. The van der Waals surface area contributed by atoms with E-state index in [1.807, 2.05) is 25.1 Å². The molecule has 0 radical (unpaired) electrons. The highest BCUT2D eigenvalue weighted by Crippen LogP contribution is 2.18. The van der Waals surface area contributed by atoms with E-state index in [2.05, 4.69) is 10.6 Å². The molecule has 2 amide bonds. The van der Waals surface area contributed by atoms with Crippen LogP contribution in [0.15, 0.2) is 30.3 Å². The molecular weight excluding hydrogens is 320 g/mol. The number of benzene rings is 1. The van der Waals surface area contributed by atoms with Crippen molar-refractivity contribution in [2.45, 2.75) is 64.3 Å². The van der Waals surface area contributed by atoms with Crippen LogP contribution >= 0.6 is 0 Å². The van der Waals surface area contributed by atoms with E-state index < -0.39 is 17.7 Å². The van der Waals surface area contributed by atoms with Crippen LogP contribution in [-0.4, -0.2) is 36.4 Å². The lowest BCUT2D eigenvalue weighted by Gasteiger charge is -2.26. The molecule has 1 aromatic rings. The molecule has 0 unspecified atom stereocenters. The van der Waals surface area contributed by atoms with E-state index in [1.54, 1.807) is 32.9 Å². The second-order valence-electron chi connectivity index (χ2n) is 7.34. The maximum atomic E-state index is 12.8. The molecule has 0 saturated carbocycles. The molecule has 1 fully saturated rings. The molecule has 1 aliphatic heterocycles.